The van der Waals surface area contributed by atoms with Gasteiger partial charge in [-0.1, -0.05) is 41.9 Å². The first kappa shape index (κ1) is 15.5. The quantitative estimate of drug-likeness (QED) is 0.895. The third-order valence-corrected chi connectivity index (χ3v) is 3.79. The van der Waals surface area contributed by atoms with Crippen molar-refractivity contribution >= 4 is 17.6 Å². The zero-order valence-corrected chi connectivity index (χ0v) is 12.4. The van der Waals surface area contributed by atoms with Gasteiger partial charge in [-0.2, -0.15) is 0 Å². The normalized spacial score (nSPS) is 12.1. The number of aryl methyl sites for hydroxylation is 1. The molecule has 0 aliphatic rings. The van der Waals surface area contributed by atoms with Crippen molar-refractivity contribution in [2.75, 3.05) is 0 Å². The van der Waals surface area contributed by atoms with Crippen LogP contribution in [0.2, 0.25) is 5.02 Å². The fraction of sp³-hybridized carbons (Fsp3) is 0.235. The summed E-state index contributed by atoms with van der Waals surface area (Å²) in [4.78, 5) is 11.4. The molecule has 0 radical (unpaired) electrons. The minimum atomic E-state index is -0.924. The molecule has 1 atom stereocenters. The summed E-state index contributed by atoms with van der Waals surface area (Å²) in [6.07, 6.45) is 0.525. The molecule has 0 heterocycles. The largest absolute Gasteiger partial charge is 0.481 e. The highest BCUT2D eigenvalue weighted by atomic mass is 35.5. The van der Waals surface area contributed by atoms with Crippen molar-refractivity contribution in [2.24, 2.45) is 5.92 Å². The van der Waals surface area contributed by atoms with Crippen molar-refractivity contribution in [3.05, 3.63) is 70.0 Å². The number of hydrogen-bond donors (Lipinski definition) is 1. The van der Waals surface area contributed by atoms with Crippen molar-refractivity contribution < 1.29 is 14.3 Å². The van der Waals surface area contributed by atoms with Crippen LogP contribution in [0, 0.1) is 18.7 Å². The summed E-state index contributed by atoms with van der Waals surface area (Å²) in [7, 11) is 0. The van der Waals surface area contributed by atoms with Gasteiger partial charge in [-0.05, 0) is 48.6 Å². The first-order chi connectivity index (χ1) is 9.97. The van der Waals surface area contributed by atoms with Crippen LogP contribution in [0.3, 0.4) is 0 Å². The lowest BCUT2D eigenvalue weighted by Gasteiger charge is -2.14. The van der Waals surface area contributed by atoms with Crippen LogP contribution in [-0.2, 0) is 17.6 Å². The zero-order valence-electron chi connectivity index (χ0n) is 11.6. The summed E-state index contributed by atoms with van der Waals surface area (Å²) in [6, 6.07) is 12.0. The van der Waals surface area contributed by atoms with Crippen LogP contribution >= 0.6 is 11.6 Å². The fourth-order valence-corrected chi connectivity index (χ4v) is 2.46. The summed E-state index contributed by atoms with van der Waals surface area (Å²) in [5.74, 6) is -2.05. The number of carbonyl (C=O) groups is 1. The molecule has 2 aromatic rings. The topological polar surface area (TPSA) is 37.3 Å². The molecule has 2 rings (SSSR count). The van der Waals surface area contributed by atoms with Crippen LogP contribution in [0.1, 0.15) is 16.7 Å². The summed E-state index contributed by atoms with van der Waals surface area (Å²) in [5.41, 5.74) is 2.39. The smallest absolute Gasteiger partial charge is 0.307 e. The third kappa shape index (κ3) is 4.05. The maximum atomic E-state index is 13.8. The van der Waals surface area contributed by atoms with Gasteiger partial charge in [-0.3, -0.25) is 4.79 Å². The van der Waals surface area contributed by atoms with E-state index in [1.54, 1.807) is 12.1 Å². The molecular formula is C17H16ClFO2. The molecule has 110 valence electrons. The molecule has 0 saturated carbocycles. The van der Waals surface area contributed by atoms with Crippen LogP contribution in [0.15, 0.2) is 42.5 Å². The van der Waals surface area contributed by atoms with E-state index in [-0.39, 0.29) is 6.42 Å². The van der Waals surface area contributed by atoms with Gasteiger partial charge in [0.05, 0.1) is 5.92 Å². The van der Waals surface area contributed by atoms with Gasteiger partial charge in [0, 0.05) is 5.02 Å². The Labute approximate surface area is 128 Å². The molecule has 4 heteroatoms. The van der Waals surface area contributed by atoms with E-state index < -0.39 is 17.7 Å². The molecule has 0 aromatic heterocycles. The lowest BCUT2D eigenvalue weighted by atomic mass is 9.91. The van der Waals surface area contributed by atoms with E-state index >= 15 is 0 Å². The Hall–Kier alpha value is -1.87. The van der Waals surface area contributed by atoms with E-state index in [1.807, 2.05) is 31.2 Å². The Morgan fingerprint density at radius 3 is 2.48 bits per heavy atom. The number of hydrogen-bond acceptors (Lipinski definition) is 1. The van der Waals surface area contributed by atoms with E-state index in [2.05, 4.69) is 0 Å². The van der Waals surface area contributed by atoms with Crippen molar-refractivity contribution in [1.29, 1.82) is 0 Å². The lowest BCUT2D eigenvalue weighted by molar-refractivity contribution is -0.141. The van der Waals surface area contributed by atoms with Crippen LogP contribution in [0.5, 0.6) is 0 Å². The number of carboxylic acid groups (broad SMARTS) is 1. The number of rotatable bonds is 5. The second-order valence-corrected chi connectivity index (χ2v) is 5.54. The predicted octanol–water partition coefficient (Wildman–Crippen LogP) is 4.27. The van der Waals surface area contributed by atoms with Crippen LogP contribution < -0.4 is 0 Å². The monoisotopic (exact) mass is 306 g/mol. The highest BCUT2D eigenvalue weighted by Crippen LogP contribution is 2.21. The molecule has 0 aliphatic heterocycles. The van der Waals surface area contributed by atoms with Crippen molar-refractivity contribution in [3.8, 4) is 0 Å². The average Bonchev–Trinajstić information content (AvgIpc) is 2.42. The summed E-state index contributed by atoms with van der Waals surface area (Å²) >= 11 is 5.71. The molecular weight excluding hydrogens is 291 g/mol. The molecule has 0 saturated heterocycles. The zero-order chi connectivity index (χ0) is 15.4. The van der Waals surface area contributed by atoms with Crippen molar-refractivity contribution in [1.82, 2.24) is 0 Å². The van der Waals surface area contributed by atoms with E-state index in [0.717, 1.165) is 11.1 Å². The first-order valence-corrected chi connectivity index (χ1v) is 7.06. The number of carboxylic acids is 1. The lowest BCUT2D eigenvalue weighted by Crippen LogP contribution is -2.20. The first-order valence-electron chi connectivity index (χ1n) is 6.68. The van der Waals surface area contributed by atoms with Gasteiger partial charge in [0.15, 0.2) is 0 Å². The Balaban J connectivity index is 2.20. The van der Waals surface area contributed by atoms with Gasteiger partial charge >= 0.3 is 5.97 Å². The minimum absolute atomic E-state index is 0.146. The average molecular weight is 307 g/mol. The molecule has 1 N–H and O–H groups in total. The van der Waals surface area contributed by atoms with Gasteiger partial charge in [0.25, 0.3) is 0 Å². The van der Waals surface area contributed by atoms with Crippen LogP contribution in [-0.4, -0.2) is 11.1 Å². The number of halogens is 2. The molecule has 0 fully saturated rings. The molecule has 0 aliphatic carbocycles. The molecule has 0 amide bonds. The Morgan fingerprint density at radius 2 is 1.86 bits per heavy atom. The highest BCUT2D eigenvalue weighted by Gasteiger charge is 2.21. The molecule has 1 unspecified atom stereocenters. The van der Waals surface area contributed by atoms with E-state index in [1.165, 1.54) is 6.07 Å². The second kappa shape index (κ2) is 6.72. The van der Waals surface area contributed by atoms with E-state index in [9.17, 15) is 14.3 Å². The Bertz CT molecular complexity index is 655. The van der Waals surface area contributed by atoms with Crippen molar-refractivity contribution in [2.45, 2.75) is 19.8 Å². The highest BCUT2D eigenvalue weighted by molar-refractivity contribution is 6.30. The Kier molecular flexibility index (Phi) is 4.97. The van der Waals surface area contributed by atoms with Crippen LogP contribution in [0.25, 0.3) is 0 Å². The van der Waals surface area contributed by atoms with E-state index in [0.29, 0.717) is 17.0 Å². The predicted molar refractivity (Wildman–Crippen MR) is 81.1 cm³/mol. The maximum absolute atomic E-state index is 13.8. The molecule has 2 aromatic carbocycles. The standard InChI is InChI=1S/C17H16ClFO2/c1-11-4-2-3-5-12(11)8-14(17(20)21)9-13-6-7-15(18)10-16(13)19/h2-7,10,14H,8-9H2,1H3,(H,20,21). The molecule has 21 heavy (non-hydrogen) atoms. The van der Waals surface area contributed by atoms with Gasteiger partial charge in [0.1, 0.15) is 5.82 Å². The van der Waals surface area contributed by atoms with Gasteiger partial charge < -0.3 is 5.11 Å². The summed E-state index contributed by atoms with van der Waals surface area (Å²) in [6.45, 7) is 1.94. The van der Waals surface area contributed by atoms with Gasteiger partial charge in [-0.25, -0.2) is 4.39 Å². The summed E-state index contributed by atoms with van der Waals surface area (Å²) < 4.78 is 13.8. The third-order valence-electron chi connectivity index (χ3n) is 3.56. The van der Waals surface area contributed by atoms with E-state index in [4.69, 9.17) is 11.6 Å². The van der Waals surface area contributed by atoms with Crippen LogP contribution in [0.4, 0.5) is 4.39 Å². The van der Waals surface area contributed by atoms with Gasteiger partial charge in [-0.15, -0.1) is 0 Å². The molecule has 0 bridgehead atoms. The number of benzene rings is 2. The maximum Gasteiger partial charge on any atom is 0.307 e. The number of aliphatic carboxylic acids is 1. The molecule has 0 spiro atoms. The minimum Gasteiger partial charge on any atom is -0.481 e. The molecule has 2 nitrogen and oxygen atoms in total. The van der Waals surface area contributed by atoms with Gasteiger partial charge in [0.2, 0.25) is 0 Å². The SMILES string of the molecule is Cc1ccccc1CC(Cc1ccc(Cl)cc1F)C(=O)O. The summed E-state index contributed by atoms with van der Waals surface area (Å²) in [5, 5.41) is 9.69. The fourth-order valence-electron chi connectivity index (χ4n) is 2.30. The van der Waals surface area contributed by atoms with Crippen molar-refractivity contribution in [3.63, 3.8) is 0 Å². The Morgan fingerprint density at radius 1 is 1.19 bits per heavy atom. The second-order valence-electron chi connectivity index (χ2n) is 5.11.